The Balaban J connectivity index is 1.61. The van der Waals surface area contributed by atoms with Crippen molar-refractivity contribution in [2.75, 3.05) is 11.9 Å². The Morgan fingerprint density at radius 1 is 1.14 bits per heavy atom. The molecule has 4 N–H and O–H groups in total. The lowest BCUT2D eigenvalue weighted by molar-refractivity contribution is -0.140. The molecule has 2 fully saturated rings. The van der Waals surface area contributed by atoms with Crippen LogP contribution in [0.4, 0.5) is 14.6 Å². The molecule has 11 heteroatoms. The van der Waals surface area contributed by atoms with Crippen LogP contribution in [0.1, 0.15) is 49.5 Å². The molecule has 152 valence electrons. The van der Waals surface area contributed by atoms with Crippen LogP contribution >= 0.6 is 0 Å². The van der Waals surface area contributed by atoms with Crippen LogP contribution in [0.2, 0.25) is 0 Å². The van der Waals surface area contributed by atoms with E-state index in [-0.39, 0.29) is 43.2 Å². The lowest BCUT2D eigenvalue weighted by Crippen LogP contribution is -2.51. The molecular formula is C17H22F2N6O3. The van der Waals surface area contributed by atoms with Gasteiger partial charge in [-0.2, -0.15) is 0 Å². The van der Waals surface area contributed by atoms with Crippen LogP contribution in [0.15, 0.2) is 12.4 Å². The van der Waals surface area contributed by atoms with E-state index in [1.165, 1.54) is 19.3 Å². The average molecular weight is 396 g/mol. The summed E-state index contributed by atoms with van der Waals surface area (Å²) in [5.41, 5.74) is 3.13. The van der Waals surface area contributed by atoms with Crippen molar-refractivity contribution in [3.8, 4) is 0 Å². The summed E-state index contributed by atoms with van der Waals surface area (Å²) in [6.45, 7) is 1.88. The maximum Gasteiger partial charge on any atom is 0.292 e. The Bertz CT molecular complexity index is 780. The Hall–Kier alpha value is -2.85. The molecule has 28 heavy (non-hydrogen) atoms. The highest BCUT2D eigenvalue weighted by Crippen LogP contribution is 2.34. The molecule has 0 bridgehead atoms. The molecule has 1 aromatic rings. The standard InChI is InChI=1S/C17H22F2N6O3/c1-16(6-7-22-14(16)27)15(28)25-24-13(26)11-12(21-9-8-20-11)23-10-2-4-17(18,19)5-3-10/h8-10H,2-7H2,1H3,(H,21,23)(H,22,27)(H,24,26)(H,25,28). The van der Waals surface area contributed by atoms with Crippen molar-refractivity contribution in [1.82, 2.24) is 26.1 Å². The van der Waals surface area contributed by atoms with Gasteiger partial charge in [0.25, 0.3) is 11.8 Å². The van der Waals surface area contributed by atoms with Gasteiger partial charge in [0.1, 0.15) is 5.41 Å². The summed E-state index contributed by atoms with van der Waals surface area (Å²) in [5, 5.41) is 5.55. The minimum Gasteiger partial charge on any atom is -0.365 e. The van der Waals surface area contributed by atoms with E-state index < -0.39 is 29.1 Å². The van der Waals surface area contributed by atoms with Crippen molar-refractivity contribution in [2.45, 2.75) is 51.0 Å². The van der Waals surface area contributed by atoms with Gasteiger partial charge in [0.15, 0.2) is 11.5 Å². The highest BCUT2D eigenvalue weighted by Gasteiger charge is 2.45. The molecule has 1 aromatic heterocycles. The summed E-state index contributed by atoms with van der Waals surface area (Å²) in [5.74, 6) is -4.28. The second-order valence-electron chi connectivity index (χ2n) is 7.27. The van der Waals surface area contributed by atoms with Crippen molar-refractivity contribution in [1.29, 1.82) is 0 Å². The second-order valence-corrected chi connectivity index (χ2v) is 7.27. The Morgan fingerprint density at radius 3 is 2.46 bits per heavy atom. The molecule has 1 saturated heterocycles. The highest BCUT2D eigenvalue weighted by atomic mass is 19.3. The maximum absolute atomic E-state index is 13.3. The summed E-state index contributed by atoms with van der Waals surface area (Å²) >= 11 is 0. The van der Waals surface area contributed by atoms with Gasteiger partial charge in [-0.25, -0.2) is 18.7 Å². The van der Waals surface area contributed by atoms with Crippen molar-refractivity contribution >= 4 is 23.5 Å². The SMILES string of the molecule is CC1(C(=O)NNC(=O)c2nccnc2NC2CCC(F)(F)CC2)CCNC1=O. The molecule has 0 radical (unpaired) electrons. The number of nitrogens with one attached hydrogen (secondary N) is 4. The number of alkyl halides is 2. The number of anilines is 1. The van der Waals surface area contributed by atoms with Gasteiger partial charge in [-0.1, -0.05) is 0 Å². The molecule has 0 aromatic carbocycles. The summed E-state index contributed by atoms with van der Waals surface area (Å²) in [4.78, 5) is 44.5. The topological polar surface area (TPSA) is 125 Å². The minimum atomic E-state index is -2.66. The Labute approximate surface area is 160 Å². The molecule has 1 atom stereocenters. The lowest BCUT2D eigenvalue weighted by Gasteiger charge is -2.29. The van der Waals surface area contributed by atoms with Gasteiger partial charge in [0, 0.05) is 37.8 Å². The zero-order chi connectivity index (χ0) is 20.4. The number of carbonyl (C=O) groups excluding carboxylic acids is 3. The van der Waals surface area contributed by atoms with Crippen molar-refractivity contribution in [2.24, 2.45) is 5.41 Å². The summed E-state index contributed by atoms with van der Waals surface area (Å²) in [7, 11) is 0. The van der Waals surface area contributed by atoms with Crippen LogP contribution in [0, 0.1) is 5.41 Å². The largest absolute Gasteiger partial charge is 0.365 e. The van der Waals surface area contributed by atoms with E-state index in [2.05, 4.69) is 31.5 Å². The van der Waals surface area contributed by atoms with Crippen molar-refractivity contribution in [3.05, 3.63) is 18.1 Å². The van der Waals surface area contributed by atoms with E-state index in [4.69, 9.17) is 0 Å². The summed E-state index contributed by atoms with van der Waals surface area (Å²) in [6, 6.07) is -0.251. The fourth-order valence-electron chi connectivity index (χ4n) is 3.25. The average Bonchev–Trinajstić information content (AvgIpc) is 3.01. The van der Waals surface area contributed by atoms with Crippen LogP contribution in [0.5, 0.6) is 0 Å². The Morgan fingerprint density at radius 2 is 1.82 bits per heavy atom. The van der Waals surface area contributed by atoms with Crippen molar-refractivity contribution < 1.29 is 23.2 Å². The molecule has 9 nitrogen and oxygen atoms in total. The molecule has 3 amide bonds. The fourth-order valence-corrected chi connectivity index (χ4v) is 3.25. The van der Waals surface area contributed by atoms with E-state index in [0.29, 0.717) is 13.0 Å². The molecule has 2 heterocycles. The van der Waals surface area contributed by atoms with Gasteiger partial charge >= 0.3 is 0 Å². The first-order valence-electron chi connectivity index (χ1n) is 9.06. The number of halogens is 2. The van der Waals surface area contributed by atoms with E-state index >= 15 is 0 Å². The van der Waals surface area contributed by atoms with E-state index in [0.717, 1.165) is 0 Å². The molecule has 0 spiro atoms. The summed E-state index contributed by atoms with van der Waals surface area (Å²) in [6.07, 6.45) is 3.02. The number of hydrogen-bond acceptors (Lipinski definition) is 6. The number of aromatic nitrogens is 2. The smallest absolute Gasteiger partial charge is 0.292 e. The first kappa shape index (κ1) is 19.9. The maximum atomic E-state index is 13.3. The first-order chi connectivity index (χ1) is 13.2. The quantitative estimate of drug-likeness (QED) is 0.440. The van der Waals surface area contributed by atoms with Crippen LogP contribution in [0.25, 0.3) is 0 Å². The molecule has 1 unspecified atom stereocenters. The molecular weight excluding hydrogens is 374 g/mol. The lowest BCUT2D eigenvalue weighted by atomic mass is 9.88. The van der Waals surface area contributed by atoms with Gasteiger partial charge < -0.3 is 10.6 Å². The predicted octanol–water partition coefficient (Wildman–Crippen LogP) is 0.754. The normalized spacial score (nSPS) is 24.3. The van der Waals surface area contributed by atoms with Gasteiger partial charge in [-0.3, -0.25) is 25.2 Å². The zero-order valence-electron chi connectivity index (χ0n) is 15.3. The predicted molar refractivity (Wildman–Crippen MR) is 94.2 cm³/mol. The van der Waals surface area contributed by atoms with E-state index in [9.17, 15) is 23.2 Å². The second kappa shape index (κ2) is 7.64. The van der Waals surface area contributed by atoms with Crippen LogP contribution in [-0.2, 0) is 9.59 Å². The summed E-state index contributed by atoms with van der Waals surface area (Å²) < 4.78 is 26.6. The van der Waals surface area contributed by atoms with Crippen LogP contribution in [0.3, 0.4) is 0 Å². The fraction of sp³-hybridized carbons (Fsp3) is 0.588. The minimum absolute atomic E-state index is 0.0823. The number of amides is 3. The van der Waals surface area contributed by atoms with E-state index in [1.807, 2.05) is 0 Å². The third kappa shape index (κ3) is 4.18. The molecule has 1 aliphatic carbocycles. The molecule has 1 aliphatic heterocycles. The molecule has 3 rings (SSSR count). The van der Waals surface area contributed by atoms with Crippen molar-refractivity contribution in [3.63, 3.8) is 0 Å². The molecule has 2 aliphatic rings. The number of hydrogen-bond donors (Lipinski definition) is 4. The number of carbonyl (C=O) groups is 3. The molecule has 1 saturated carbocycles. The van der Waals surface area contributed by atoms with Gasteiger partial charge in [0.05, 0.1) is 0 Å². The third-order valence-corrected chi connectivity index (χ3v) is 5.17. The Kier molecular flexibility index (Phi) is 5.43. The monoisotopic (exact) mass is 396 g/mol. The number of nitrogens with zero attached hydrogens (tertiary/aromatic N) is 2. The van der Waals surface area contributed by atoms with Gasteiger partial charge in [-0.05, 0) is 26.2 Å². The van der Waals surface area contributed by atoms with E-state index in [1.54, 1.807) is 0 Å². The number of rotatable bonds is 4. The number of hydrazine groups is 1. The van der Waals surface area contributed by atoms with Crippen LogP contribution in [-0.4, -0.2) is 46.2 Å². The van der Waals surface area contributed by atoms with Gasteiger partial charge in [0.2, 0.25) is 11.8 Å². The highest BCUT2D eigenvalue weighted by molar-refractivity contribution is 6.07. The zero-order valence-corrected chi connectivity index (χ0v) is 15.3. The third-order valence-electron chi connectivity index (χ3n) is 5.17. The van der Waals surface area contributed by atoms with Gasteiger partial charge in [-0.15, -0.1) is 0 Å². The van der Waals surface area contributed by atoms with Crippen LogP contribution < -0.4 is 21.5 Å². The first-order valence-corrected chi connectivity index (χ1v) is 9.06.